The van der Waals surface area contributed by atoms with Gasteiger partial charge in [0, 0.05) is 19.3 Å². The first kappa shape index (κ1) is 19.1. The molecule has 0 fully saturated rings. The molecule has 4 rings (SSSR count). The topological polar surface area (TPSA) is 103 Å². The zero-order valence-corrected chi connectivity index (χ0v) is 17.2. The van der Waals surface area contributed by atoms with E-state index in [0.717, 1.165) is 0 Å². The van der Waals surface area contributed by atoms with Crippen LogP contribution in [0.5, 0.6) is 0 Å². The Balaban J connectivity index is 1.71. The van der Waals surface area contributed by atoms with Gasteiger partial charge in [-0.2, -0.15) is 5.10 Å². The fraction of sp³-hybridized carbons (Fsp3) is 0.250. The molecule has 4 aromatic rings. The molecule has 0 unspecified atom stereocenters. The van der Waals surface area contributed by atoms with Crippen molar-refractivity contribution in [2.24, 2.45) is 7.05 Å². The molecule has 1 N–H and O–H groups in total. The van der Waals surface area contributed by atoms with Crippen molar-refractivity contribution in [2.45, 2.75) is 31.6 Å². The van der Waals surface area contributed by atoms with Gasteiger partial charge in [0.15, 0.2) is 5.58 Å². The van der Waals surface area contributed by atoms with E-state index < -0.39 is 10.0 Å². The first-order chi connectivity index (χ1) is 13.9. The summed E-state index contributed by atoms with van der Waals surface area (Å²) in [5, 5.41) is 4.36. The molecule has 150 valence electrons. The number of oxazole rings is 1. The maximum atomic E-state index is 13.1. The Hall–Kier alpha value is -3.20. The smallest absolute Gasteiger partial charge is 0.265 e. The maximum absolute atomic E-state index is 13.1. The minimum absolute atomic E-state index is 0.247. The minimum atomic E-state index is -3.80. The summed E-state index contributed by atoms with van der Waals surface area (Å²) >= 11 is 0. The number of sulfonamides is 1. The van der Waals surface area contributed by atoms with Gasteiger partial charge in [0.25, 0.3) is 10.0 Å². The van der Waals surface area contributed by atoms with E-state index in [1.54, 1.807) is 42.2 Å². The Labute approximate surface area is 168 Å². The van der Waals surface area contributed by atoms with E-state index in [1.807, 2.05) is 26.0 Å². The summed E-state index contributed by atoms with van der Waals surface area (Å²) in [5.41, 5.74) is 3.33. The molecule has 0 atom stereocenters. The van der Waals surface area contributed by atoms with Gasteiger partial charge in [0.2, 0.25) is 5.89 Å². The molecule has 3 aromatic heterocycles. The number of anilines is 1. The summed E-state index contributed by atoms with van der Waals surface area (Å²) < 4.78 is 36.3. The number of pyridine rings is 1. The predicted octanol–water partition coefficient (Wildman–Crippen LogP) is 3.55. The maximum Gasteiger partial charge on any atom is 0.265 e. The van der Waals surface area contributed by atoms with Crippen LogP contribution in [0.2, 0.25) is 0 Å². The number of hydrogen-bond acceptors (Lipinski definition) is 6. The first-order valence-electron chi connectivity index (χ1n) is 9.32. The third-order valence-electron chi connectivity index (χ3n) is 4.65. The van der Waals surface area contributed by atoms with Crippen LogP contribution in [-0.2, 0) is 29.9 Å². The van der Waals surface area contributed by atoms with Gasteiger partial charge in [-0.15, -0.1) is 0 Å². The van der Waals surface area contributed by atoms with Gasteiger partial charge in [0.1, 0.15) is 16.1 Å². The second-order valence-corrected chi connectivity index (χ2v) is 8.19. The van der Waals surface area contributed by atoms with Crippen LogP contribution in [0.1, 0.15) is 25.2 Å². The Morgan fingerprint density at radius 2 is 1.97 bits per heavy atom. The highest BCUT2D eigenvalue weighted by Gasteiger charge is 2.26. The lowest BCUT2D eigenvalue weighted by molar-refractivity contribution is 0.598. The molecule has 3 heterocycles. The highest BCUT2D eigenvalue weighted by Crippen LogP contribution is 2.28. The predicted molar refractivity (Wildman–Crippen MR) is 110 cm³/mol. The van der Waals surface area contributed by atoms with E-state index in [-0.39, 0.29) is 4.90 Å². The number of fused-ring (bicyclic) bond motifs is 1. The molecule has 0 aliphatic rings. The third kappa shape index (κ3) is 3.49. The zero-order valence-electron chi connectivity index (χ0n) is 16.4. The number of aryl methyl sites for hydroxylation is 2. The van der Waals surface area contributed by atoms with E-state index in [1.165, 1.54) is 0 Å². The minimum Gasteiger partial charge on any atom is -0.435 e. The molecule has 29 heavy (non-hydrogen) atoms. The van der Waals surface area contributed by atoms with E-state index in [9.17, 15) is 8.42 Å². The van der Waals surface area contributed by atoms with Crippen LogP contribution in [0.3, 0.4) is 0 Å². The Morgan fingerprint density at radius 3 is 2.66 bits per heavy atom. The van der Waals surface area contributed by atoms with Crippen molar-refractivity contribution in [1.29, 1.82) is 0 Å². The van der Waals surface area contributed by atoms with Crippen molar-refractivity contribution >= 4 is 26.8 Å². The van der Waals surface area contributed by atoms with Gasteiger partial charge in [-0.3, -0.25) is 14.4 Å². The molecule has 1 aromatic carbocycles. The summed E-state index contributed by atoms with van der Waals surface area (Å²) in [6, 6.07) is 10.5. The van der Waals surface area contributed by atoms with Crippen molar-refractivity contribution in [3.63, 3.8) is 0 Å². The average molecular weight is 411 g/mol. The lowest BCUT2D eigenvalue weighted by atomic mass is 10.2. The van der Waals surface area contributed by atoms with Crippen LogP contribution in [0.4, 0.5) is 5.69 Å². The van der Waals surface area contributed by atoms with Crippen molar-refractivity contribution in [1.82, 2.24) is 19.7 Å². The third-order valence-corrected chi connectivity index (χ3v) is 6.16. The highest BCUT2D eigenvalue weighted by molar-refractivity contribution is 7.92. The Kier molecular flexibility index (Phi) is 4.83. The summed E-state index contributed by atoms with van der Waals surface area (Å²) in [6.45, 7) is 3.80. The lowest BCUT2D eigenvalue weighted by Crippen LogP contribution is -2.16. The highest BCUT2D eigenvalue weighted by atomic mass is 32.2. The first-order valence-corrected chi connectivity index (χ1v) is 10.8. The van der Waals surface area contributed by atoms with Gasteiger partial charge in [-0.25, -0.2) is 13.4 Å². The van der Waals surface area contributed by atoms with Crippen LogP contribution in [0.15, 0.2) is 51.9 Å². The number of benzene rings is 1. The largest absolute Gasteiger partial charge is 0.435 e. The van der Waals surface area contributed by atoms with E-state index in [0.29, 0.717) is 52.6 Å². The molecule has 0 amide bonds. The SMILES string of the molecule is CCc1nn(C)c(CC)c1S(=O)(=O)Nc1ccc2nc(-c3ccccn3)oc2c1. The van der Waals surface area contributed by atoms with Gasteiger partial charge in [-0.05, 0) is 37.1 Å². The van der Waals surface area contributed by atoms with E-state index >= 15 is 0 Å². The molecule has 0 radical (unpaired) electrons. The zero-order chi connectivity index (χ0) is 20.6. The average Bonchev–Trinajstić information content (AvgIpc) is 3.28. The quantitative estimate of drug-likeness (QED) is 0.520. The number of hydrogen-bond donors (Lipinski definition) is 1. The van der Waals surface area contributed by atoms with E-state index in [4.69, 9.17) is 4.42 Å². The summed E-state index contributed by atoms with van der Waals surface area (Å²) in [5.74, 6) is 0.384. The van der Waals surface area contributed by atoms with Gasteiger partial charge in [-0.1, -0.05) is 19.9 Å². The van der Waals surface area contributed by atoms with E-state index in [2.05, 4.69) is 19.8 Å². The second-order valence-electron chi connectivity index (χ2n) is 6.58. The van der Waals surface area contributed by atoms with Crippen LogP contribution >= 0.6 is 0 Å². The number of aromatic nitrogens is 4. The molecule has 0 aliphatic carbocycles. The Bertz CT molecular complexity index is 1280. The normalized spacial score (nSPS) is 11.8. The molecule has 8 nitrogen and oxygen atoms in total. The van der Waals surface area contributed by atoms with Crippen LogP contribution in [0, 0.1) is 0 Å². The standard InChI is InChI=1S/C20H21N5O3S/c1-4-14-19(17(5-2)25(3)23-14)29(26,27)24-13-9-10-15-18(12-13)28-20(22-15)16-8-6-7-11-21-16/h6-12,24H,4-5H2,1-3H3. The number of rotatable bonds is 6. The van der Waals surface area contributed by atoms with Crippen molar-refractivity contribution in [3.8, 4) is 11.6 Å². The van der Waals surface area contributed by atoms with Crippen LogP contribution < -0.4 is 4.72 Å². The second kappa shape index (κ2) is 7.32. The van der Waals surface area contributed by atoms with Crippen molar-refractivity contribution < 1.29 is 12.8 Å². The molecule has 0 spiro atoms. The van der Waals surface area contributed by atoms with Crippen LogP contribution in [0.25, 0.3) is 22.7 Å². The summed E-state index contributed by atoms with van der Waals surface area (Å²) in [7, 11) is -2.04. The molecule has 0 saturated carbocycles. The fourth-order valence-corrected chi connectivity index (χ4v) is 4.95. The summed E-state index contributed by atoms with van der Waals surface area (Å²) in [4.78, 5) is 8.89. The molecular weight excluding hydrogens is 390 g/mol. The number of nitrogens with zero attached hydrogens (tertiary/aromatic N) is 4. The molecule has 9 heteroatoms. The molecule has 0 saturated heterocycles. The number of nitrogens with one attached hydrogen (secondary N) is 1. The molecule has 0 bridgehead atoms. The van der Waals surface area contributed by atoms with Gasteiger partial charge < -0.3 is 4.42 Å². The monoisotopic (exact) mass is 411 g/mol. The molecular formula is C20H21N5O3S. The van der Waals surface area contributed by atoms with Crippen molar-refractivity contribution in [3.05, 3.63) is 54.0 Å². The fourth-order valence-electron chi connectivity index (χ4n) is 3.32. The van der Waals surface area contributed by atoms with Gasteiger partial charge in [0.05, 0.1) is 17.1 Å². The Morgan fingerprint density at radius 1 is 1.14 bits per heavy atom. The summed E-state index contributed by atoms with van der Waals surface area (Å²) in [6.07, 6.45) is 2.75. The molecule has 0 aliphatic heterocycles. The van der Waals surface area contributed by atoms with Gasteiger partial charge >= 0.3 is 0 Å². The van der Waals surface area contributed by atoms with Crippen molar-refractivity contribution in [2.75, 3.05) is 4.72 Å². The lowest BCUT2D eigenvalue weighted by Gasteiger charge is -2.09. The van der Waals surface area contributed by atoms with Crippen LogP contribution in [-0.4, -0.2) is 28.2 Å².